The summed E-state index contributed by atoms with van der Waals surface area (Å²) in [5.41, 5.74) is 0. The molecule has 3 heterocycles. The summed E-state index contributed by atoms with van der Waals surface area (Å²) >= 11 is 0. The van der Waals surface area contributed by atoms with Gasteiger partial charge in [-0.25, -0.2) is 0 Å². The molecule has 0 aliphatic carbocycles. The van der Waals surface area contributed by atoms with E-state index >= 15 is 0 Å². The Morgan fingerprint density at radius 2 is 2.12 bits per heavy atom. The number of nitrogens with zero attached hydrogens (tertiary/aromatic N) is 6. The molecule has 3 rings (SSSR count). The second kappa shape index (κ2) is 7.45. The van der Waals surface area contributed by atoms with Gasteiger partial charge >= 0.3 is 0 Å². The van der Waals surface area contributed by atoms with E-state index in [1.165, 1.54) is 6.92 Å². The van der Waals surface area contributed by atoms with Gasteiger partial charge in [-0.05, 0) is 12.5 Å². The maximum Gasteiger partial charge on any atom is 0.247 e. The number of fused-ring (bicyclic) bond motifs is 1. The van der Waals surface area contributed by atoms with Gasteiger partial charge in [0.2, 0.25) is 11.8 Å². The molecule has 0 bridgehead atoms. The van der Waals surface area contributed by atoms with E-state index in [2.05, 4.69) is 20.6 Å². The molecule has 1 atom stereocenters. The second-order valence-corrected chi connectivity index (χ2v) is 6.08. The van der Waals surface area contributed by atoms with Crippen LogP contribution in [0.25, 0.3) is 0 Å². The van der Waals surface area contributed by atoms with E-state index < -0.39 is 0 Å². The van der Waals surface area contributed by atoms with Gasteiger partial charge in [0.05, 0.1) is 6.54 Å². The highest BCUT2D eigenvalue weighted by Crippen LogP contribution is 2.17. The highest BCUT2D eigenvalue weighted by molar-refractivity contribution is 5.80. The minimum absolute atomic E-state index is 0.0772. The van der Waals surface area contributed by atoms with Crippen molar-refractivity contribution in [3.8, 4) is 0 Å². The number of amides is 2. The maximum absolute atomic E-state index is 12.9. The molecular weight excluding hydrogens is 322 g/mol. The van der Waals surface area contributed by atoms with Crippen molar-refractivity contribution >= 4 is 11.8 Å². The maximum atomic E-state index is 12.9. The molecular formula is C16H23N7O2. The summed E-state index contributed by atoms with van der Waals surface area (Å²) in [5, 5.41) is 15.3. The third-order valence-corrected chi connectivity index (χ3v) is 4.43. The van der Waals surface area contributed by atoms with Crippen LogP contribution in [-0.2, 0) is 29.1 Å². The summed E-state index contributed by atoms with van der Waals surface area (Å²) in [6.07, 6.45) is 4.85. The average molecular weight is 345 g/mol. The van der Waals surface area contributed by atoms with Crippen molar-refractivity contribution in [3.63, 3.8) is 0 Å². The minimum atomic E-state index is -0.280. The molecule has 0 spiro atoms. The molecule has 2 aromatic heterocycles. The third kappa shape index (κ3) is 3.70. The van der Waals surface area contributed by atoms with Crippen molar-refractivity contribution in [2.75, 3.05) is 13.1 Å². The first-order chi connectivity index (χ1) is 12.1. The molecule has 0 radical (unpaired) electrons. The van der Waals surface area contributed by atoms with Crippen molar-refractivity contribution < 1.29 is 9.59 Å². The van der Waals surface area contributed by atoms with Crippen LogP contribution < -0.4 is 5.32 Å². The summed E-state index contributed by atoms with van der Waals surface area (Å²) in [5.74, 6) is 1.54. The molecule has 0 aromatic carbocycles. The molecule has 1 unspecified atom stereocenters. The lowest BCUT2D eigenvalue weighted by atomic mass is 10.2. The van der Waals surface area contributed by atoms with E-state index in [0.717, 1.165) is 11.6 Å². The molecule has 1 aliphatic rings. The molecule has 0 saturated heterocycles. The molecule has 0 saturated carbocycles. The first-order valence-corrected chi connectivity index (χ1v) is 8.53. The summed E-state index contributed by atoms with van der Waals surface area (Å²) in [7, 11) is 0. The Hall–Kier alpha value is -2.71. The van der Waals surface area contributed by atoms with Crippen LogP contribution >= 0.6 is 0 Å². The number of carbonyl (C=O) groups is 2. The first-order valence-electron chi connectivity index (χ1n) is 8.53. The highest BCUT2D eigenvalue weighted by atomic mass is 16.2. The van der Waals surface area contributed by atoms with Gasteiger partial charge in [-0.2, -0.15) is 5.10 Å². The normalized spacial score (nSPS) is 15.4. The summed E-state index contributed by atoms with van der Waals surface area (Å²) < 4.78 is 3.72. The second-order valence-electron chi connectivity index (χ2n) is 6.08. The molecule has 25 heavy (non-hydrogen) atoms. The molecule has 9 heteroatoms. The smallest absolute Gasteiger partial charge is 0.247 e. The molecule has 134 valence electrons. The Bertz CT molecular complexity index is 738. The number of nitrogens with one attached hydrogen (secondary N) is 1. The topological polar surface area (TPSA) is 97.9 Å². The molecule has 1 aliphatic heterocycles. The van der Waals surface area contributed by atoms with Gasteiger partial charge in [0.15, 0.2) is 5.82 Å². The standard InChI is InChI=1S/C16H23N7O2/c1-3-13(23-7-4-6-18-23)16(25)21-8-5-14-19-20-15(11-17-12(2)24)22(14)10-9-21/h4,6-7,13H,3,5,8-11H2,1-2H3,(H,17,24). The highest BCUT2D eigenvalue weighted by Gasteiger charge is 2.27. The molecule has 0 fully saturated rings. The van der Waals surface area contributed by atoms with E-state index in [1.54, 1.807) is 10.9 Å². The van der Waals surface area contributed by atoms with Crippen LogP contribution in [0.4, 0.5) is 0 Å². The lowest BCUT2D eigenvalue weighted by Gasteiger charge is -2.25. The van der Waals surface area contributed by atoms with Crippen LogP contribution in [0.5, 0.6) is 0 Å². The first kappa shape index (κ1) is 17.1. The van der Waals surface area contributed by atoms with Gasteiger partial charge in [-0.3, -0.25) is 14.3 Å². The largest absolute Gasteiger partial charge is 0.349 e. The van der Waals surface area contributed by atoms with Gasteiger partial charge in [0.25, 0.3) is 0 Å². The SMILES string of the molecule is CCC(C(=O)N1CCc2nnc(CNC(C)=O)n2CC1)n1cccn1. The lowest BCUT2D eigenvalue weighted by molar-refractivity contribution is -0.135. The van der Waals surface area contributed by atoms with Crippen molar-refractivity contribution in [1.29, 1.82) is 0 Å². The van der Waals surface area contributed by atoms with Gasteiger partial charge in [-0.15, -0.1) is 10.2 Å². The zero-order chi connectivity index (χ0) is 17.8. The van der Waals surface area contributed by atoms with Crippen LogP contribution in [-0.4, -0.2) is 54.3 Å². The number of aromatic nitrogens is 5. The quantitative estimate of drug-likeness (QED) is 0.832. The van der Waals surface area contributed by atoms with Crippen molar-refractivity contribution in [2.45, 2.75) is 45.8 Å². The fourth-order valence-corrected chi connectivity index (χ4v) is 3.09. The van der Waals surface area contributed by atoms with E-state index in [9.17, 15) is 9.59 Å². The van der Waals surface area contributed by atoms with Crippen LogP contribution in [0, 0.1) is 0 Å². The molecule has 1 N–H and O–H groups in total. The summed E-state index contributed by atoms with van der Waals surface area (Å²) in [6.45, 7) is 5.63. The van der Waals surface area contributed by atoms with Crippen LogP contribution in [0.2, 0.25) is 0 Å². The summed E-state index contributed by atoms with van der Waals surface area (Å²) in [4.78, 5) is 25.9. The van der Waals surface area contributed by atoms with Crippen molar-refractivity contribution in [3.05, 3.63) is 30.1 Å². The Kier molecular flexibility index (Phi) is 5.11. The fraction of sp³-hybridized carbons (Fsp3) is 0.562. The third-order valence-electron chi connectivity index (χ3n) is 4.43. The zero-order valence-electron chi connectivity index (χ0n) is 14.6. The van der Waals surface area contributed by atoms with Crippen LogP contribution in [0.1, 0.15) is 38.0 Å². The van der Waals surface area contributed by atoms with E-state index in [4.69, 9.17) is 0 Å². The number of carbonyl (C=O) groups excluding carboxylic acids is 2. The summed E-state index contributed by atoms with van der Waals surface area (Å²) in [6, 6.07) is 1.55. The molecule has 9 nitrogen and oxygen atoms in total. The van der Waals surface area contributed by atoms with Crippen LogP contribution in [0.3, 0.4) is 0 Å². The average Bonchev–Trinajstić information content (AvgIpc) is 3.20. The Morgan fingerprint density at radius 1 is 1.28 bits per heavy atom. The van der Waals surface area contributed by atoms with Gasteiger partial charge in [0, 0.05) is 45.4 Å². The predicted molar refractivity (Wildman–Crippen MR) is 89.4 cm³/mol. The Morgan fingerprint density at radius 3 is 2.80 bits per heavy atom. The zero-order valence-corrected chi connectivity index (χ0v) is 14.6. The fourth-order valence-electron chi connectivity index (χ4n) is 3.09. The minimum Gasteiger partial charge on any atom is -0.349 e. The van der Waals surface area contributed by atoms with Crippen LogP contribution in [0.15, 0.2) is 18.5 Å². The monoisotopic (exact) mass is 345 g/mol. The Labute approximate surface area is 146 Å². The van der Waals surface area contributed by atoms with Crippen molar-refractivity contribution in [2.24, 2.45) is 0 Å². The number of hydrogen-bond donors (Lipinski definition) is 1. The van der Waals surface area contributed by atoms with E-state index in [-0.39, 0.29) is 17.9 Å². The number of rotatable bonds is 5. The molecule has 2 amide bonds. The van der Waals surface area contributed by atoms with Gasteiger partial charge in [-0.1, -0.05) is 6.92 Å². The van der Waals surface area contributed by atoms with E-state index in [0.29, 0.717) is 39.0 Å². The van der Waals surface area contributed by atoms with Gasteiger partial charge in [0.1, 0.15) is 11.9 Å². The Balaban J connectivity index is 1.69. The molecule has 2 aromatic rings. The van der Waals surface area contributed by atoms with E-state index in [1.807, 2.05) is 28.7 Å². The van der Waals surface area contributed by atoms with Crippen molar-refractivity contribution in [1.82, 2.24) is 34.8 Å². The lowest BCUT2D eigenvalue weighted by Crippen LogP contribution is -2.39. The number of hydrogen-bond acceptors (Lipinski definition) is 5. The predicted octanol–water partition coefficient (Wildman–Crippen LogP) is 0.147. The van der Waals surface area contributed by atoms with Gasteiger partial charge < -0.3 is 14.8 Å².